The second-order valence-electron chi connectivity index (χ2n) is 7.14. The van der Waals surface area contributed by atoms with Crippen LogP contribution in [0.5, 0.6) is 0 Å². The van der Waals surface area contributed by atoms with Crippen molar-refractivity contribution in [3.05, 3.63) is 65.5 Å². The molecule has 0 saturated carbocycles. The quantitative estimate of drug-likeness (QED) is 0.493. The van der Waals surface area contributed by atoms with Gasteiger partial charge in [-0.05, 0) is 42.5 Å². The average Bonchev–Trinajstić information content (AvgIpc) is 3.23. The van der Waals surface area contributed by atoms with E-state index >= 15 is 0 Å². The van der Waals surface area contributed by atoms with Crippen LogP contribution in [0, 0.1) is 5.82 Å². The summed E-state index contributed by atoms with van der Waals surface area (Å²) in [5.41, 5.74) is 1.60. The largest absolute Gasteiger partial charge is 0.353 e. The molecule has 2 aromatic carbocycles. The molecule has 0 amide bonds. The van der Waals surface area contributed by atoms with Crippen LogP contribution in [0.3, 0.4) is 0 Å². The Bertz CT molecular complexity index is 1170. The van der Waals surface area contributed by atoms with Gasteiger partial charge in [-0.2, -0.15) is 4.98 Å². The predicted octanol–water partition coefficient (Wildman–Crippen LogP) is 3.79. The Kier molecular flexibility index (Phi) is 5.02. The topological polar surface area (TPSA) is 71.2 Å². The van der Waals surface area contributed by atoms with Crippen molar-refractivity contribution in [3.63, 3.8) is 0 Å². The fourth-order valence-electron chi connectivity index (χ4n) is 3.61. The van der Waals surface area contributed by atoms with Crippen LogP contribution in [0.4, 0.5) is 10.2 Å². The Morgan fingerprint density at radius 3 is 2.60 bits per heavy atom. The second-order valence-corrected chi connectivity index (χ2v) is 7.58. The normalized spacial score (nSPS) is 15.1. The number of rotatable bonds is 4. The number of nitrogens with zero attached hydrogens (tertiary/aromatic N) is 6. The van der Waals surface area contributed by atoms with Crippen molar-refractivity contribution < 1.29 is 8.91 Å². The first-order valence-electron chi connectivity index (χ1n) is 9.62. The van der Waals surface area contributed by atoms with E-state index in [2.05, 4.69) is 29.9 Å². The molecule has 1 saturated heterocycles. The number of fused-ring (bicyclic) bond motifs is 1. The van der Waals surface area contributed by atoms with Crippen molar-refractivity contribution in [1.29, 1.82) is 0 Å². The summed E-state index contributed by atoms with van der Waals surface area (Å²) in [5, 5.41) is 5.47. The van der Waals surface area contributed by atoms with E-state index < -0.39 is 0 Å². The molecule has 9 heteroatoms. The van der Waals surface area contributed by atoms with Crippen molar-refractivity contribution in [3.8, 4) is 11.4 Å². The molecule has 4 aromatic rings. The maximum absolute atomic E-state index is 13.7. The van der Waals surface area contributed by atoms with E-state index in [1.807, 2.05) is 12.1 Å². The van der Waals surface area contributed by atoms with Crippen LogP contribution in [0.1, 0.15) is 5.89 Å². The highest BCUT2D eigenvalue weighted by Crippen LogP contribution is 2.25. The molecule has 0 spiro atoms. The monoisotopic (exact) mass is 424 g/mol. The summed E-state index contributed by atoms with van der Waals surface area (Å²) in [6.07, 6.45) is 1.53. The Morgan fingerprint density at radius 2 is 1.80 bits per heavy atom. The molecule has 7 nitrogen and oxygen atoms in total. The van der Waals surface area contributed by atoms with E-state index in [-0.39, 0.29) is 5.82 Å². The van der Waals surface area contributed by atoms with E-state index in [4.69, 9.17) is 16.1 Å². The van der Waals surface area contributed by atoms with Gasteiger partial charge in [0, 0.05) is 42.2 Å². The van der Waals surface area contributed by atoms with Gasteiger partial charge in [-0.1, -0.05) is 16.8 Å². The molecular formula is C21H18ClFN6O. The first kappa shape index (κ1) is 18.9. The number of aromatic nitrogens is 4. The van der Waals surface area contributed by atoms with Crippen LogP contribution < -0.4 is 4.90 Å². The van der Waals surface area contributed by atoms with Crippen LogP contribution >= 0.6 is 11.6 Å². The van der Waals surface area contributed by atoms with Gasteiger partial charge in [0.1, 0.15) is 18.0 Å². The van der Waals surface area contributed by atoms with Gasteiger partial charge in [-0.15, -0.1) is 0 Å². The molecule has 5 rings (SSSR count). The number of hydrogen-bond acceptors (Lipinski definition) is 7. The van der Waals surface area contributed by atoms with Gasteiger partial charge in [0.05, 0.1) is 12.1 Å². The van der Waals surface area contributed by atoms with Crippen LogP contribution in [0.15, 0.2) is 53.3 Å². The second kappa shape index (κ2) is 7.97. The van der Waals surface area contributed by atoms with Gasteiger partial charge in [0.15, 0.2) is 0 Å². The molecule has 2 aromatic heterocycles. The fourth-order valence-corrected chi connectivity index (χ4v) is 3.74. The summed E-state index contributed by atoms with van der Waals surface area (Å²) >= 11 is 5.93. The van der Waals surface area contributed by atoms with Crippen molar-refractivity contribution >= 4 is 28.3 Å². The molecule has 1 aliphatic rings. The number of halogens is 2. The lowest BCUT2D eigenvalue weighted by Crippen LogP contribution is -2.46. The predicted molar refractivity (Wildman–Crippen MR) is 112 cm³/mol. The molecular weight excluding hydrogens is 407 g/mol. The van der Waals surface area contributed by atoms with Crippen LogP contribution in [0.25, 0.3) is 22.3 Å². The van der Waals surface area contributed by atoms with Gasteiger partial charge in [-0.3, -0.25) is 4.90 Å². The molecule has 0 unspecified atom stereocenters. The summed E-state index contributed by atoms with van der Waals surface area (Å²) in [7, 11) is 0. The Hall–Kier alpha value is -3.10. The molecule has 1 aliphatic heterocycles. The SMILES string of the molecule is Fc1ccc2ncnc(N3CCN(Cc4nc(-c5ccc(Cl)cc5)no4)CC3)c2c1. The summed E-state index contributed by atoms with van der Waals surface area (Å²) in [4.78, 5) is 17.5. The molecule has 0 radical (unpaired) electrons. The van der Waals surface area contributed by atoms with Gasteiger partial charge in [-0.25, -0.2) is 14.4 Å². The zero-order chi connectivity index (χ0) is 20.5. The molecule has 3 heterocycles. The zero-order valence-electron chi connectivity index (χ0n) is 16.0. The number of benzene rings is 2. The number of hydrogen-bond donors (Lipinski definition) is 0. The van der Waals surface area contributed by atoms with E-state index in [1.165, 1.54) is 18.5 Å². The average molecular weight is 425 g/mol. The molecule has 30 heavy (non-hydrogen) atoms. The van der Waals surface area contributed by atoms with E-state index in [1.54, 1.807) is 18.2 Å². The molecule has 0 bridgehead atoms. The molecule has 1 fully saturated rings. The van der Waals surface area contributed by atoms with Crippen molar-refractivity contribution in [2.24, 2.45) is 0 Å². The van der Waals surface area contributed by atoms with Crippen LogP contribution in [-0.2, 0) is 6.54 Å². The maximum Gasteiger partial charge on any atom is 0.241 e. The van der Waals surface area contributed by atoms with Crippen molar-refractivity contribution in [2.45, 2.75) is 6.54 Å². The minimum absolute atomic E-state index is 0.287. The highest BCUT2D eigenvalue weighted by atomic mass is 35.5. The number of piperazine rings is 1. The summed E-state index contributed by atoms with van der Waals surface area (Å²) in [6, 6.07) is 11.9. The Labute approximate surface area is 177 Å². The lowest BCUT2D eigenvalue weighted by molar-refractivity contribution is 0.215. The summed E-state index contributed by atoms with van der Waals surface area (Å²) in [6.45, 7) is 3.72. The van der Waals surface area contributed by atoms with E-state index in [9.17, 15) is 4.39 Å². The van der Waals surface area contributed by atoms with Crippen molar-refractivity contribution in [2.75, 3.05) is 31.1 Å². The zero-order valence-corrected chi connectivity index (χ0v) is 16.8. The minimum Gasteiger partial charge on any atom is -0.353 e. The Balaban J connectivity index is 1.25. The summed E-state index contributed by atoms with van der Waals surface area (Å²) < 4.78 is 19.1. The van der Waals surface area contributed by atoms with Gasteiger partial charge < -0.3 is 9.42 Å². The van der Waals surface area contributed by atoms with Gasteiger partial charge in [0.2, 0.25) is 11.7 Å². The maximum atomic E-state index is 13.7. The highest BCUT2D eigenvalue weighted by molar-refractivity contribution is 6.30. The lowest BCUT2D eigenvalue weighted by atomic mass is 10.2. The first-order chi connectivity index (χ1) is 14.7. The third-order valence-corrected chi connectivity index (χ3v) is 5.43. The number of anilines is 1. The smallest absolute Gasteiger partial charge is 0.241 e. The van der Waals surface area contributed by atoms with E-state index in [0.717, 1.165) is 48.5 Å². The third kappa shape index (κ3) is 3.83. The lowest BCUT2D eigenvalue weighted by Gasteiger charge is -2.35. The first-order valence-corrected chi connectivity index (χ1v) is 9.99. The third-order valence-electron chi connectivity index (χ3n) is 5.18. The van der Waals surface area contributed by atoms with Gasteiger partial charge in [0.25, 0.3) is 0 Å². The molecule has 0 aliphatic carbocycles. The van der Waals surface area contributed by atoms with Crippen molar-refractivity contribution in [1.82, 2.24) is 25.0 Å². The fraction of sp³-hybridized carbons (Fsp3) is 0.238. The summed E-state index contributed by atoms with van der Waals surface area (Å²) in [5.74, 6) is 1.60. The molecule has 0 atom stereocenters. The standard InChI is InChI=1S/C21H18ClFN6O/c22-15-3-1-14(2-4-15)20-26-19(30-27-20)12-28-7-9-29(10-8-28)21-17-11-16(23)5-6-18(17)24-13-25-21/h1-6,11,13H,7-10,12H2. The highest BCUT2D eigenvalue weighted by Gasteiger charge is 2.22. The minimum atomic E-state index is -0.287. The molecule has 152 valence electrons. The molecule has 0 N–H and O–H groups in total. The van der Waals surface area contributed by atoms with Gasteiger partial charge >= 0.3 is 0 Å². The van der Waals surface area contributed by atoms with Crippen LogP contribution in [-0.4, -0.2) is 51.2 Å². The van der Waals surface area contributed by atoms with Crippen LogP contribution in [0.2, 0.25) is 5.02 Å². The Morgan fingerprint density at radius 1 is 1.00 bits per heavy atom. The van der Waals surface area contributed by atoms with E-state index in [0.29, 0.717) is 23.3 Å².